The van der Waals surface area contributed by atoms with Crippen molar-refractivity contribution in [3.05, 3.63) is 89.0 Å². The Bertz CT molecular complexity index is 1080. The number of hydrogen-bond acceptors (Lipinski definition) is 5. The molecule has 0 aliphatic heterocycles. The van der Waals surface area contributed by atoms with Crippen LogP contribution in [0.2, 0.25) is 0 Å². The maximum Gasteiger partial charge on any atom is 0.269 e. The van der Waals surface area contributed by atoms with Gasteiger partial charge < -0.3 is 14.2 Å². The van der Waals surface area contributed by atoms with E-state index in [-0.39, 0.29) is 0 Å². The van der Waals surface area contributed by atoms with Gasteiger partial charge >= 0.3 is 0 Å². The lowest BCUT2D eigenvalue weighted by Gasteiger charge is -2.11. The van der Waals surface area contributed by atoms with Crippen LogP contribution in [-0.2, 0) is 6.61 Å². The van der Waals surface area contributed by atoms with Crippen molar-refractivity contribution in [1.82, 2.24) is 10.9 Å². The molecule has 7 heteroatoms. The number of carbonyl (C=O) groups is 2. The summed E-state index contributed by atoms with van der Waals surface area (Å²) in [5.41, 5.74) is 7.66. The van der Waals surface area contributed by atoms with Crippen LogP contribution < -0.4 is 25.1 Å². The lowest BCUT2D eigenvalue weighted by atomic mass is 10.1. The number of carbonyl (C=O) groups excluding carboxylic acids is 2. The average molecular weight is 420 g/mol. The summed E-state index contributed by atoms with van der Waals surface area (Å²) < 4.78 is 16.1. The van der Waals surface area contributed by atoms with Gasteiger partial charge in [0, 0.05) is 11.1 Å². The predicted molar refractivity (Wildman–Crippen MR) is 116 cm³/mol. The molecule has 0 fully saturated rings. The molecule has 0 bridgehead atoms. The molecule has 0 spiro atoms. The zero-order valence-electron chi connectivity index (χ0n) is 17.6. The number of nitrogens with one attached hydrogen (secondary N) is 2. The van der Waals surface area contributed by atoms with Gasteiger partial charge in [-0.3, -0.25) is 20.4 Å². The Morgan fingerprint density at radius 2 is 1.45 bits per heavy atom. The lowest BCUT2D eigenvalue weighted by Crippen LogP contribution is -2.41. The summed E-state index contributed by atoms with van der Waals surface area (Å²) in [4.78, 5) is 24.8. The molecule has 3 aromatic rings. The maximum absolute atomic E-state index is 12.4. The molecule has 0 aromatic heterocycles. The van der Waals surface area contributed by atoms with Gasteiger partial charge in [-0.1, -0.05) is 35.9 Å². The van der Waals surface area contributed by atoms with Crippen LogP contribution in [0, 0.1) is 6.92 Å². The van der Waals surface area contributed by atoms with Crippen molar-refractivity contribution in [3.8, 4) is 17.2 Å². The molecule has 0 aliphatic carbocycles. The van der Waals surface area contributed by atoms with Crippen LogP contribution in [-0.4, -0.2) is 26.0 Å². The number of amides is 2. The second kappa shape index (κ2) is 10.2. The number of benzene rings is 3. The quantitative estimate of drug-likeness (QED) is 0.570. The summed E-state index contributed by atoms with van der Waals surface area (Å²) >= 11 is 0. The van der Waals surface area contributed by atoms with E-state index in [1.165, 1.54) is 20.3 Å². The summed E-state index contributed by atoms with van der Waals surface area (Å²) in [5.74, 6) is 0.530. The first-order valence-corrected chi connectivity index (χ1v) is 9.61. The van der Waals surface area contributed by atoms with Crippen molar-refractivity contribution < 1.29 is 23.8 Å². The fourth-order valence-electron chi connectivity index (χ4n) is 2.93. The number of methoxy groups -OCH3 is 2. The molecule has 0 saturated carbocycles. The highest BCUT2D eigenvalue weighted by Gasteiger charge is 2.13. The minimum absolute atomic E-state index is 0.313. The second-order valence-electron chi connectivity index (χ2n) is 6.78. The van der Waals surface area contributed by atoms with Gasteiger partial charge in [-0.2, -0.15) is 0 Å². The smallest absolute Gasteiger partial charge is 0.269 e. The van der Waals surface area contributed by atoms with Crippen molar-refractivity contribution in [2.75, 3.05) is 14.2 Å². The first-order valence-electron chi connectivity index (χ1n) is 9.61. The van der Waals surface area contributed by atoms with E-state index in [4.69, 9.17) is 14.2 Å². The molecule has 0 heterocycles. The van der Waals surface area contributed by atoms with Crippen LogP contribution in [0.5, 0.6) is 17.2 Å². The fraction of sp³-hybridized carbons (Fsp3) is 0.167. The topological polar surface area (TPSA) is 85.9 Å². The minimum Gasteiger partial charge on any atom is -0.493 e. The van der Waals surface area contributed by atoms with Crippen LogP contribution >= 0.6 is 0 Å². The highest BCUT2D eigenvalue weighted by atomic mass is 16.5. The molecule has 0 unspecified atom stereocenters. The van der Waals surface area contributed by atoms with Crippen molar-refractivity contribution in [3.63, 3.8) is 0 Å². The van der Waals surface area contributed by atoms with E-state index in [2.05, 4.69) is 10.9 Å². The summed E-state index contributed by atoms with van der Waals surface area (Å²) in [6.07, 6.45) is 0. The minimum atomic E-state index is -0.485. The van der Waals surface area contributed by atoms with Crippen molar-refractivity contribution in [2.24, 2.45) is 0 Å². The van der Waals surface area contributed by atoms with Crippen LogP contribution in [0.1, 0.15) is 31.8 Å². The van der Waals surface area contributed by atoms with Gasteiger partial charge in [0.2, 0.25) is 0 Å². The Morgan fingerprint density at radius 3 is 2.13 bits per heavy atom. The molecule has 7 nitrogen and oxygen atoms in total. The Labute approximate surface area is 180 Å². The van der Waals surface area contributed by atoms with Crippen LogP contribution in [0.3, 0.4) is 0 Å². The van der Waals surface area contributed by atoms with Crippen LogP contribution in [0.15, 0.2) is 66.7 Å². The molecule has 0 saturated heterocycles. The van der Waals surface area contributed by atoms with Crippen LogP contribution in [0.25, 0.3) is 0 Å². The molecule has 160 valence electrons. The van der Waals surface area contributed by atoms with Crippen molar-refractivity contribution in [2.45, 2.75) is 13.5 Å². The van der Waals surface area contributed by atoms with E-state index in [1.54, 1.807) is 36.4 Å². The average Bonchev–Trinajstić information content (AvgIpc) is 2.80. The highest BCUT2D eigenvalue weighted by molar-refractivity contribution is 5.99. The zero-order valence-corrected chi connectivity index (χ0v) is 17.6. The number of ether oxygens (including phenoxy) is 3. The Kier molecular flexibility index (Phi) is 7.11. The number of rotatable bonds is 7. The van der Waals surface area contributed by atoms with Crippen LogP contribution in [0.4, 0.5) is 0 Å². The first-order chi connectivity index (χ1) is 15.0. The number of hydrogen-bond donors (Lipinski definition) is 2. The van der Waals surface area contributed by atoms with E-state index in [1.807, 2.05) is 31.2 Å². The largest absolute Gasteiger partial charge is 0.493 e. The van der Waals surface area contributed by atoms with Gasteiger partial charge in [0.15, 0.2) is 11.5 Å². The van der Waals surface area contributed by atoms with E-state index < -0.39 is 11.8 Å². The van der Waals surface area contributed by atoms with E-state index in [9.17, 15) is 9.59 Å². The standard InChI is InChI=1S/C24H24N2O5/c1-16-6-4-7-17(12-16)15-31-20-9-5-8-18(13-20)23(27)25-26-24(28)19-10-11-21(29-2)22(14-19)30-3/h4-14H,15H2,1-3H3,(H,25,27)(H,26,28). The molecular weight excluding hydrogens is 396 g/mol. The normalized spacial score (nSPS) is 10.2. The lowest BCUT2D eigenvalue weighted by molar-refractivity contribution is 0.0846. The van der Waals surface area contributed by atoms with Crippen molar-refractivity contribution in [1.29, 1.82) is 0 Å². The Hall–Kier alpha value is -4.00. The number of hydrazine groups is 1. The summed E-state index contributed by atoms with van der Waals surface area (Å²) in [6, 6.07) is 19.5. The van der Waals surface area contributed by atoms with Crippen molar-refractivity contribution >= 4 is 11.8 Å². The number of aryl methyl sites for hydroxylation is 1. The third-order valence-electron chi connectivity index (χ3n) is 4.52. The predicted octanol–water partition coefficient (Wildman–Crippen LogP) is 3.67. The van der Waals surface area contributed by atoms with Gasteiger partial charge in [-0.25, -0.2) is 0 Å². The molecule has 0 radical (unpaired) electrons. The SMILES string of the molecule is COc1ccc(C(=O)NNC(=O)c2cccc(OCc3cccc(C)c3)c2)cc1OC. The third-order valence-corrected chi connectivity index (χ3v) is 4.52. The van der Waals surface area contributed by atoms with Gasteiger partial charge in [-0.15, -0.1) is 0 Å². The van der Waals surface area contributed by atoms with Gasteiger partial charge in [-0.05, 0) is 48.9 Å². The molecule has 2 amide bonds. The first kappa shape index (κ1) is 21.7. The maximum atomic E-state index is 12.4. The fourth-order valence-corrected chi connectivity index (χ4v) is 2.93. The molecule has 3 aromatic carbocycles. The summed E-state index contributed by atoms with van der Waals surface area (Å²) in [6.45, 7) is 2.41. The molecule has 0 aliphatic rings. The molecule has 0 atom stereocenters. The molecular formula is C24H24N2O5. The second-order valence-corrected chi connectivity index (χ2v) is 6.78. The highest BCUT2D eigenvalue weighted by Crippen LogP contribution is 2.27. The summed E-state index contributed by atoms with van der Waals surface area (Å²) in [7, 11) is 2.99. The van der Waals surface area contributed by atoms with E-state index in [0.717, 1.165) is 11.1 Å². The van der Waals surface area contributed by atoms with Gasteiger partial charge in [0.25, 0.3) is 11.8 Å². The van der Waals surface area contributed by atoms with Gasteiger partial charge in [0.05, 0.1) is 14.2 Å². The molecule has 3 rings (SSSR count). The summed E-state index contributed by atoms with van der Waals surface area (Å²) in [5, 5.41) is 0. The van der Waals surface area contributed by atoms with Gasteiger partial charge in [0.1, 0.15) is 12.4 Å². The van der Waals surface area contributed by atoms with E-state index in [0.29, 0.717) is 35.0 Å². The Morgan fingerprint density at radius 1 is 0.774 bits per heavy atom. The van der Waals surface area contributed by atoms with E-state index >= 15 is 0 Å². The zero-order chi connectivity index (χ0) is 22.2. The molecule has 31 heavy (non-hydrogen) atoms. The third kappa shape index (κ3) is 5.76. The Balaban J connectivity index is 1.59. The monoisotopic (exact) mass is 420 g/mol. The molecule has 2 N–H and O–H groups in total.